The first-order valence-electron chi connectivity index (χ1n) is 19.1. The van der Waals surface area contributed by atoms with Gasteiger partial charge in [-0.05, 0) is 127 Å². The first-order chi connectivity index (χ1) is 26.9. The molecule has 10 rings (SSSR count). The molecular formula is C49H41N5O2. The maximum absolute atomic E-state index is 6.61. The number of aromatic nitrogens is 4. The smallest absolute Gasteiger partial charge is 0.248 e. The second-order valence-corrected chi connectivity index (χ2v) is 17.1. The van der Waals surface area contributed by atoms with Crippen LogP contribution in [-0.4, -0.2) is 20.4 Å². The van der Waals surface area contributed by atoms with Crippen molar-refractivity contribution in [2.45, 2.75) is 57.8 Å². The van der Waals surface area contributed by atoms with Gasteiger partial charge in [0.25, 0.3) is 0 Å². The average molecular weight is 732 g/mol. The van der Waals surface area contributed by atoms with Crippen molar-refractivity contribution in [1.29, 1.82) is 0 Å². The number of fused-ring (bicyclic) bond motifs is 10. The van der Waals surface area contributed by atoms with E-state index in [4.69, 9.17) is 14.6 Å². The zero-order valence-corrected chi connectivity index (χ0v) is 32.3. The lowest BCUT2D eigenvalue weighted by Gasteiger charge is -2.31. The molecule has 1 atom stereocenters. The van der Waals surface area contributed by atoms with E-state index in [2.05, 4.69) is 183 Å². The predicted octanol–water partition coefficient (Wildman–Crippen LogP) is 11.6. The minimum absolute atomic E-state index is 0.0482. The predicted molar refractivity (Wildman–Crippen MR) is 222 cm³/mol. The standard InChI is InChI=1S/C49H41N5O2/c1-47(2,3)32-17-11-28(12-18-32)43-51-53-45(55-43)30-15-22-36-35-9-7-8-10-39(35)49(40(36)25-30)41-26-31(16-23-37(41)38-24-21-34(50)27-42(38)49)46-54-52-44(56-46)29-13-19-33(20-14-29)48(4,5)6/h7-27H,50H2,1-6H3. The Morgan fingerprint density at radius 1 is 0.411 bits per heavy atom. The van der Waals surface area contributed by atoms with Crippen LogP contribution in [0, 0.1) is 0 Å². The molecule has 0 radical (unpaired) electrons. The normalized spacial score (nSPS) is 15.5. The van der Waals surface area contributed by atoms with E-state index < -0.39 is 5.41 Å². The molecule has 2 aromatic heterocycles. The van der Waals surface area contributed by atoms with Gasteiger partial charge in [0.15, 0.2) is 0 Å². The van der Waals surface area contributed by atoms with Crippen LogP contribution < -0.4 is 5.73 Å². The minimum atomic E-state index is -0.685. The first kappa shape index (κ1) is 33.9. The van der Waals surface area contributed by atoms with Crippen LogP contribution in [0.1, 0.15) is 74.9 Å². The molecule has 0 aliphatic heterocycles. The van der Waals surface area contributed by atoms with E-state index >= 15 is 0 Å². The number of rotatable bonds is 4. The summed E-state index contributed by atoms with van der Waals surface area (Å²) >= 11 is 0. The van der Waals surface area contributed by atoms with E-state index in [-0.39, 0.29) is 10.8 Å². The van der Waals surface area contributed by atoms with Crippen LogP contribution in [0.15, 0.2) is 136 Å². The summed E-state index contributed by atoms with van der Waals surface area (Å²) in [6.07, 6.45) is 0. The molecule has 0 saturated carbocycles. The van der Waals surface area contributed by atoms with Gasteiger partial charge in [-0.1, -0.05) is 108 Å². The summed E-state index contributed by atoms with van der Waals surface area (Å²) in [5, 5.41) is 18.1. The largest absolute Gasteiger partial charge is 0.416 e. The van der Waals surface area contributed by atoms with Crippen LogP contribution in [0.4, 0.5) is 5.69 Å². The number of hydrogen-bond donors (Lipinski definition) is 1. The fourth-order valence-corrected chi connectivity index (χ4v) is 8.61. The van der Waals surface area contributed by atoms with Crippen molar-refractivity contribution in [3.63, 3.8) is 0 Å². The van der Waals surface area contributed by atoms with Gasteiger partial charge in [-0.25, -0.2) is 0 Å². The summed E-state index contributed by atoms with van der Waals surface area (Å²) in [7, 11) is 0. The second kappa shape index (κ2) is 11.9. The van der Waals surface area contributed by atoms with E-state index in [1.807, 2.05) is 6.07 Å². The molecule has 0 saturated heterocycles. The highest BCUT2D eigenvalue weighted by Gasteiger charge is 2.52. The molecule has 7 heteroatoms. The minimum Gasteiger partial charge on any atom is -0.416 e. The molecule has 0 bridgehead atoms. The summed E-state index contributed by atoms with van der Waals surface area (Å²) in [6, 6.07) is 44.6. The van der Waals surface area contributed by atoms with E-state index in [9.17, 15) is 0 Å². The maximum Gasteiger partial charge on any atom is 0.248 e. The van der Waals surface area contributed by atoms with Gasteiger partial charge in [0.1, 0.15) is 0 Å². The Labute approximate surface area is 326 Å². The number of nitrogens with zero attached hydrogens (tertiary/aromatic N) is 4. The van der Waals surface area contributed by atoms with Gasteiger partial charge in [-0.2, -0.15) is 0 Å². The summed E-state index contributed by atoms with van der Waals surface area (Å²) in [5.41, 5.74) is 21.8. The molecular weight excluding hydrogens is 691 g/mol. The molecule has 56 heavy (non-hydrogen) atoms. The zero-order valence-electron chi connectivity index (χ0n) is 32.3. The quantitative estimate of drug-likeness (QED) is 0.180. The van der Waals surface area contributed by atoms with Crippen molar-refractivity contribution in [3.8, 4) is 68.1 Å². The average Bonchev–Trinajstić information content (AvgIpc) is 3.99. The third-order valence-corrected chi connectivity index (χ3v) is 11.5. The molecule has 2 aliphatic rings. The van der Waals surface area contributed by atoms with Crippen molar-refractivity contribution in [1.82, 2.24) is 20.4 Å². The van der Waals surface area contributed by atoms with Gasteiger partial charge >= 0.3 is 0 Å². The topological polar surface area (TPSA) is 104 Å². The van der Waals surface area contributed by atoms with Crippen molar-refractivity contribution >= 4 is 5.69 Å². The molecule has 6 aromatic carbocycles. The van der Waals surface area contributed by atoms with Gasteiger partial charge in [0, 0.05) is 27.9 Å². The van der Waals surface area contributed by atoms with Gasteiger partial charge < -0.3 is 14.6 Å². The molecule has 2 aliphatic carbocycles. The highest BCUT2D eigenvalue weighted by molar-refractivity contribution is 5.97. The number of benzene rings is 6. The molecule has 274 valence electrons. The van der Waals surface area contributed by atoms with Crippen LogP contribution in [0.2, 0.25) is 0 Å². The lowest BCUT2D eigenvalue weighted by atomic mass is 9.70. The Morgan fingerprint density at radius 3 is 1.25 bits per heavy atom. The summed E-state index contributed by atoms with van der Waals surface area (Å²) < 4.78 is 12.8. The number of hydrogen-bond acceptors (Lipinski definition) is 7. The van der Waals surface area contributed by atoms with Crippen molar-refractivity contribution in [2.75, 3.05) is 5.73 Å². The Balaban J connectivity index is 1.11. The molecule has 2 N–H and O–H groups in total. The van der Waals surface area contributed by atoms with Gasteiger partial charge in [0.05, 0.1) is 5.41 Å². The molecule has 0 fully saturated rings. The Bertz CT molecular complexity index is 2720. The molecule has 0 amide bonds. The van der Waals surface area contributed by atoms with E-state index in [1.54, 1.807) is 0 Å². The lowest BCUT2D eigenvalue weighted by Crippen LogP contribution is -2.26. The first-order valence-corrected chi connectivity index (χ1v) is 19.1. The highest BCUT2D eigenvalue weighted by atomic mass is 16.4. The maximum atomic E-state index is 6.61. The molecule has 7 nitrogen and oxygen atoms in total. The summed E-state index contributed by atoms with van der Waals surface area (Å²) in [4.78, 5) is 0. The van der Waals surface area contributed by atoms with Crippen LogP contribution in [0.5, 0.6) is 0 Å². The molecule has 1 unspecified atom stereocenters. The van der Waals surface area contributed by atoms with Crippen LogP contribution in [0.3, 0.4) is 0 Å². The number of nitrogens with two attached hydrogens (primary N) is 1. The second-order valence-electron chi connectivity index (χ2n) is 17.1. The Morgan fingerprint density at radius 2 is 0.786 bits per heavy atom. The zero-order chi connectivity index (χ0) is 38.6. The Hall–Kier alpha value is -6.60. The molecule has 8 aromatic rings. The van der Waals surface area contributed by atoms with Gasteiger partial charge in [-0.15, -0.1) is 20.4 Å². The van der Waals surface area contributed by atoms with Crippen LogP contribution in [0.25, 0.3) is 68.1 Å². The van der Waals surface area contributed by atoms with Gasteiger partial charge in [-0.3, -0.25) is 0 Å². The fourth-order valence-electron chi connectivity index (χ4n) is 8.61. The fraction of sp³-hybridized carbons (Fsp3) is 0.184. The third-order valence-electron chi connectivity index (χ3n) is 11.5. The van der Waals surface area contributed by atoms with Crippen LogP contribution >= 0.6 is 0 Å². The Kier molecular flexibility index (Phi) is 7.24. The van der Waals surface area contributed by atoms with E-state index in [0.717, 1.165) is 55.6 Å². The monoisotopic (exact) mass is 731 g/mol. The van der Waals surface area contributed by atoms with Crippen molar-refractivity contribution in [2.24, 2.45) is 0 Å². The van der Waals surface area contributed by atoms with Crippen molar-refractivity contribution in [3.05, 3.63) is 161 Å². The lowest BCUT2D eigenvalue weighted by molar-refractivity contribution is 0.581. The van der Waals surface area contributed by atoms with Crippen LogP contribution in [-0.2, 0) is 16.2 Å². The van der Waals surface area contributed by atoms with E-state index in [1.165, 1.54) is 22.3 Å². The summed E-state index contributed by atoms with van der Waals surface area (Å²) in [6.45, 7) is 13.2. The van der Waals surface area contributed by atoms with Gasteiger partial charge in [0.2, 0.25) is 23.6 Å². The molecule has 2 heterocycles. The van der Waals surface area contributed by atoms with Crippen molar-refractivity contribution < 1.29 is 8.83 Å². The highest BCUT2D eigenvalue weighted by Crippen LogP contribution is 2.63. The van der Waals surface area contributed by atoms with E-state index in [0.29, 0.717) is 29.3 Å². The third kappa shape index (κ3) is 5.10. The molecule has 1 spiro atoms. The summed E-state index contributed by atoms with van der Waals surface area (Å²) in [5.74, 6) is 1.89. The SMILES string of the molecule is CC(C)(C)c1ccc(-c2nnc(-c3ccc4c(c3)C3(c5ccccc5-4)c4cc(N)ccc4-c4ccc(-c5nnc(-c6ccc(C(C)(C)C)cc6)o5)cc43)o2)cc1. The number of nitrogen functional groups attached to an aromatic ring is 1. The number of anilines is 1.